The summed E-state index contributed by atoms with van der Waals surface area (Å²) in [7, 11) is 0. The number of carbonyl (C=O) groups is 1. The largest absolute Gasteiger partial charge is 0.478 e. The van der Waals surface area contributed by atoms with E-state index in [4.69, 9.17) is 5.11 Å². The average Bonchev–Trinajstić information content (AvgIpc) is 2.18. The van der Waals surface area contributed by atoms with Crippen molar-refractivity contribution in [1.82, 2.24) is 10.3 Å². The summed E-state index contributed by atoms with van der Waals surface area (Å²) in [5.41, 5.74) is 1.13. The van der Waals surface area contributed by atoms with E-state index in [2.05, 4.69) is 10.3 Å². The van der Waals surface area contributed by atoms with Gasteiger partial charge < -0.3 is 10.4 Å². The van der Waals surface area contributed by atoms with Crippen LogP contribution in [0.5, 0.6) is 0 Å². The lowest BCUT2D eigenvalue weighted by Crippen LogP contribution is -2.13. The van der Waals surface area contributed by atoms with E-state index in [9.17, 15) is 4.79 Å². The van der Waals surface area contributed by atoms with Gasteiger partial charge in [0.2, 0.25) is 0 Å². The van der Waals surface area contributed by atoms with Gasteiger partial charge in [0.25, 0.3) is 0 Å². The van der Waals surface area contributed by atoms with E-state index in [1.165, 1.54) is 0 Å². The van der Waals surface area contributed by atoms with Gasteiger partial charge in [0.1, 0.15) is 0 Å². The van der Waals surface area contributed by atoms with Crippen molar-refractivity contribution >= 4 is 5.97 Å². The number of nitrogens with one attached hydrogen (secondary N) is 1. The third-order valence-corrected chi connectivity index (χ3v) is 1.60. The van der Waals surface area contributed by atoms with Crippen LogP contribution in [-0.2, 0) is 11.3 Å². The zero-order chi connectivity index (χ0) is 10.2. The normalized spacial score (nSPS) is 10.6. The quantitative estimate of drug-likeness (QED) is 0.535. The van der Waals surface area contributed by atoms with Crippen LogP contribution in [0, 0.1) is 0 Å². The van der Waals surface area contributed by atoms with Gasteiger partial charge in [-0.05, 0) is 17.7 Å². The highest BCUT2D eigenvalue weighted by atomic mass is 16.4. The van der Waals surface area contributed by atoms with Gasteiger partial charge in [-0.25, -0.2) is 4.79 Å². The van der Waals surface area contributed by atoms with E-state index < -0.39 is 5.97 Å². The molecule has 0 aliphatic carbocycles. The molecule has 0 amide bonds. The molecule has 0 spiro atoms. The molecule has 4 heteroatoms. The number of hydrogen-bond donors (Lipinski definition) is 2. The lowest BCUT2D eigenvalue weighted by atomic mass is 10.3. The highest BCUT2D eigenvalue weighted by molar-refractivity contribution is 5.79. The summed E-state index contributed by atoms with van der Waals surface area (Å²) < 4.78 is 0. The molecule has 1 aromatic heterocycles. The zero-order valence-corrected chi connectivity index (χ0v) is 7.68. The van der Waals surface area contributed by atoms with Crippen molar-refractivity contribution in [3.05, 3.63) is 42.2 Å². The molecular formula is C10H12N2O2. The number of aromatic nitrogens is 1. The van der Waals surface area contributed by atoms with Crippen molar-refractivity contribution in [2.24, 2.45) is 0 Å². The van der Waals surface area contributed by atoms with Crippen molar-refractivity contribution < 1.29 is 9.90 Å². The Bertz CT molecular complexity index is 309. The van der Waals surface area contributed by atoms with Crippen LogP contribution in [0.4, 0.5) is 0 Å². The number of carboxylic acid groups (broad SMARTS) is 1. The summed E-state index contributed by atoms with van der Waals surface area (Å²) >= 11 is 0. The number of nitrogens with zero attached hydrogens (tertiary/aromatic N) is 1. The first-order valence-corrected chi connectivity index (χ1v) is 4.28. The van der Waals surface area contributed by atoms with Gasteiger partial charge in [-0.3, -0.25) is 4.98 Å². The molecular weight excluding hydrogens is 180 g/mol. The Morgan fingerprint density at radius 3 is 2.86 bits per heavy atom. The second-order valence-electron chi connectivity index (χ2n) is 2.73. The van der Waals surface area contributed by atoms with Crippen LogP contribution in [-0.4, -0.2) is 22.6 Å². The summed E-state index contributed by atoms with van der Waals surface area (Å²) in [5.74, 6) is -0.921. The maximum absolute atomic E-state index is 10.1. The SMILES string of the molecule is O=C(O)/C=C/CNCc1ccncc1. The van der Waals surface area contributed by atoms with Crippen LogP contribution < -0.4 is 5.32 Å². The third kappa shape index (κ3) is 4.37. The molecule has 0 bridgehead atoms. The first-order valence-electron chi connectivity index (χ1n) is 4.28. The standard InChI is InChI=1S/C10H12N2O2/c13-10(14)2-1-5-12-8-9-3-6-11-7-4-9/h1-4,6-7,12H,5,8H2,(H,13,14)/b2-1+. The first-order chi connectivity index (χ1) is 6.79. The van der Waals surface area contributed by atoms with Crippen molar-refractivity contribution in [2.75, 3.05) is 6.54 Å². The Hall–Kier alpha value is -1.68. The van der Waals surface area contributed by atoms with Crippen LogP contribution >= 0.6 is 0 Å². The number of carboxylic acids is 1. The van der Waals surface area contributed by atoms with Gasteiger partial charge in [-0.2, -0.15) is 0 Å². The molecule has 0 aliphatic rings. The second kappa shape index (κ2) is 5.88. The summed E-state index contributed by atoms with van der Waals surface area (Å²) in [6.07, 6.45) is 6.15. The number of aliphatic carboxylic acids is 1. The molecule has 2 N–H and O–H groups in total. The zero-order valence-electron chi connectivity index (χ0n) is 7.68. The van der Waals surface area contributed by atoms with E-state index in [1.54, 1.807) is 18.5 Å². The molecule has 1 aromatic rings. The topological polar surface area (TPSA) is 62.2 Å². The van der Waals surface area contributed by atoms with E-state index in [-0.39, 0.29) is 0 Å². The van der Waals surface area contributed by atoms with Gasteiger partial charge in [-0.15, -0.1) is 0 Å². The van der Waals surface area contributed by atoms with Crippen LogP contribution in [0.25, 0.3) is 0 Å². The smallest absolute Gasteiger partial charge is 0.328 e. The van der Waals surface area contributed by atoms with Gasteiger partial charge >= 0.3 is 5.97 Å². The molecule has 0 saturated carbocycles. The minimum absolute atomic E-state index is 0.550. The Morgan fingerprint density at radius 1 is 1.50 bits per heavy atom. The molecule has 0 fully saturated rings. The second-order valence-corrected chi connectivity index (χ2v) is 2.73. The molecule has 0 aliphatic heterocycles. The van der Waals surface area contributed by atoms with E-state index in [1.807, 2.05) is 12.1 Å². The fourth-order valence-corrected chi connectivity index (χ4v) is 0.960. The Balaban J connectivity index is 2.19. The first kappa shape index (κ1) is 10.4. The summed E-state index contributed by atoms with van der Waals surface area (Å²) in [6.45, 7) is 1.26. The lowest BCUT2D eigenvalue weighted by molar-refractivity contribution is -0.131. The summed E-state index contributed by atoms with van der Waals surface area (Å²) in [4.78, 5) is 14.0. The van der Waals surface area contributed by atoms with Crippen molar-refractivity contribution in [2.45, 2.75) is 6.54 Å². The third-order valence-electron chi connectivity index (χ3n) is 1.60. The number of rotatable bonds is 5. The highest BCUT2D eigenvalue weighted by Gasteiger charge is 1.89. The predicted octanol–water partition coefficient (Wildman–Crippen LogP) is 0.812. The van der Waals surface area contributed by atoms with Crippen LogP contribution in [0.3, 0.4) is 0 Å². The van der Waals surface area contributed by atoms with Crippen molar-refractivity contribution in [3.8, 4) is 0 Å². The van der Waals surface area contributed by atoms with Crippen LogP contribution in [0.1, 0.15) is 5.56 Å². The van der Waals surface area contributed by atoms with Crippen molar-refractivity contribution in [1.29, 1.82) is 0 Å². The van der Waals surface area contributed by atoms with Gasteiger partial charge in [0.15, 0.2) is 0 Å². The van der Waals surface area contributed by atoms with E-state index in [0.717, 1.165) is 11.6 Å². The van der Waals surface area contributed by atoms with Crippen molar-refractivity contribution in [3.63, 3.8) is 0 Å². The predicted molar refractivity (Wildman–Crippen MR) is 52.7 cm³/mol. The van der Waals surface area contributed by atoms with Gasteiger partial charge in [0, 0.05) is 31.6 Å². The monoisotopic (exact) mass is 192 g/mol. The molecule has 0 unspecified atom stereocenters. The number of pyridine rings is 1. The minimum Gasteiger partial charge on any atom is -0.478 e. The summed E-state index contributed by atoms with van der Waals surface area (Å²) in [5, 5.41) is 11.4. The van der Waals surface area contributed by atoms with E-state index in [0.29, 0.717) is 13.1 Å². The van der Waals surface area contributed by atoms with Crippen LogP contribution in [0.15, 0.2) is 36.7 Å². The average molecular weight is 192 g/mol. The molecule has 1 heterocycles. The molecule has 0 saturated heterocycles. The molecule has 4 nitrogen and oxygen atoms in total. The Morgan fingerprint density at radius 2 is 2.21 bits per heavy atom. The Kier molecular flexibility index (Phi) is 4.37. The molecule has 0 aromatic carbocycles. The maximum Gasteiger partial charge on any atom is 0.328 e. The van der Waals surface area contributed by atoms with Gasteiger partial charge in [-0.1, -0.05) is 6.08 Å². The number of hydrogen-bond acceptors (Lipinski definition) is 3. The molecule has 14 heavy (non-hydrogen) atoms. The highest BCUT2D eigenvalue weighted by Crippen LogP contribution is 1.93. The van der Waals surface area contributed by atoms with E-state index >= 15 is 0 Å². The van der Waals surface area contributed by atoms with Crippen LogP contribution in [0.2, 0.25) is 0 Å². The Labute approximate surface area is 82.3 Å². The molecule has 1 rings (SSSR count). The molecule has 0 atom stereocenters. The van der Waals surface area contributed by atoms with Gasteiger partial charge in [0.05, 0.1) is 0 Å². The molecule has 74 valence electrons. The summed E-state index contributed by atoms with van der Waals surface area (Å²) in [6, 6.07) is 3.82. The fourth-order valence-electron chi connectivity index (χ4n) is 0.960. The fraction of sp³-hybridized carbons (Fsp3) is 0.200. The maximum atomic E-state index is 10.1. The molecule has 0 radical (unpaired) electrons. The minimum atomic E-state index is -0.921. The lowest BCUT2D eigenvalue weighted by Gasteiger charge is -2.00.